The first-order valence-corrected chi connectivity index (χ1v) is 5.42. The highest BCUT2D eigenvalue weighted by Crippen LogP contribution is 2.17. The summed E-state index contributed by atoms with van der Waals surface area (Å²) >= 11 is 0. The standard InChI is InChI=1S/C14H16N2/c1-10-7-13(15)14(16-9-10)8-12-6-4-3-5-11(12)2/h3-7,9H,8,15H2,1-2H3. The van der Waals surface area contributed by atoms with Crippen molar-refractivity contribution in [3.8, 4) is 0 Å². The molecule has 0 aliphatic rings. The fraction of sp³-hybridized carbons (Fsp3) is 0.214. The van der Waals surface area contributed by atoms with Crippen molar-refractivity contribution >= 4 is 5.69 Å². The van der Waals surface area contributed by atoms with E-state index in [0.29, 0.717) is 0 Å². The van der Waals surface area contributed by atoms with Gasteiger partial charge in [-0.1, -0.05) is 24.3 Å². The second kappa shape index (κ2) is 4.35. The van der Waals surface area contributed by atoms with Crippen LogP contribution in [0.3, 0.4) is 0 Å². The molecule has 2 heteroatoms. The van der Waals surface area contributed by atoms with Crippen LogP contribution in [0.5, 0.6) is 0 Å². The van der Waals surface area contributed by atoms with E-state index in [4.69, 9.17) is 5.73 Å². The van der Waals surface area contributed by atoms with Crippen LogP contribution in [-0.4, -0.2) is 4.98 Å². The summed E-state index contributed by atoms with van der Waals surface area (Å²) in [4.78, 5) is 4.39. The summed E-state index contributed by atoms with van der Waals surface area (Å²) < 4.78 is 0. The van der Waals surface area contributed by atoms with Gasteiger partial charge in [-0.15, -0.1) is 0 Å². The lowest BCUT2D eigenvalue weighted by molar-refractivity contribution is 1.05. The number of rotatable bonds is 2. The molecular weight excluding hydrogens is 196 g/mol. The first-order valence-electron chi connectivity index (χ1n) is 5.42. The number of aromatic nitrogens is 1. The topological polar surface area (TPSA) is 38.9 Å². The molecule has 0 bridgehead atoms. The summed E-state index contributed by atoms with van der Waals surface area (Å²) in [6, 6.07) is 10.3. The molecule has 0 aliphatic heterocycles. The van der Waals surface area contributed by atoms with Crippen LogP contribution in [0.2, 0.25) is 0 Å². The SMILES string of the molecule is Cc1cnc(Cc2ccccc2C)c(N)c1. The Hall–Kier alpha value is -1.83. The van der Waals surface area contributed by atoms with Gasteiger partial charge in [-0.05, 0) is 36.6 Å². The van der Waals surface area contributed by atoms with E-state index in [0.717, 1.165) is 23.4 Å². The number of hydrogen-bond donors (Lipinski definition) is 1. The third-order valence-electron chi connectivity index (χ3n) is 2.76. The van der Waals surface area contributed by atoms with E-state index < -0.39 is 0 Å². The summed E-state index contributed by atoms with van der Waals surface area (Å²) in [5, 5.41) is 0. The molecule has 0 fully saturated rings. The number of hydrogen-bond acceptors (Lipinski definition) is 2. The summed E-state index contributed by atoms with van der Waals surface area (Å²) in [6.45, 7) is 4.11. The normalized spacial score (nSPS) is 10.4. The zero-order chi connectivity index (χ0) is 11.5. The molecule has 0 aliphatic carbocycles. The minimum Gasteiger partial charge on any atom is -0.397 e. The maximum absolute atomic E-state index is 5.96. The predicted octanol–water partition coefficient (Wildman–Crippen LogP) is 2.87. The third-order valence-corrected chi connectivity index (χ3v) is 2.76. The van der Waals surface area contributed by atoms with Gasteiger partial charge >= 0.3 is 0 Å². The van der Waals surface area contributed by atoms with Gasteiger partial charge in [-0.25, -0.2) is 0 Å². The molecule has 2 rings (SSSR count). The van der Waals surface area contributed by atoms with Crippen molar-refractivity contribution in [1.29, 1.82) is 0 Å². The number of nitrogens with two attached hydrogens (primary N) is 1. The Bertz CT molecular complexity index is 504. The Labute approximate surface area is 96.1 Å². The molecule has 16 heavy (non-hydrogen) atoms. The molecular formula is C14H16N2. The molecule has 0 spiro atoms. The van der Waals surface area contributed by atoms with Crippen LogP contribution < -0.4 is 5.73 Å². The van der Waals surface area contributed by atoms with E-state index in [1.807, 2.05) is 31.3 Å². The Balaban J connectivity index is 2.31. The average molecular weight is 212 g/mol. The maximum atomic E-state index is 5.96. The van der Waals surface area contributed by atoms with Crippen LogP contribution in [0.1, 0.15) is 22.4 Å². The third kappa shape index (κ3) is 2.22. The summed E-state index contributed by atoms with van der Waals surface area (Å²) in [6.07, 6.45) is 2.67. The van der Waals surface area contributed by atoms with Gasteiger partial charge in [-0.2, -0.15) is 0 Å². The van der Waals surface area contributed by atoms with Crippen molar-refractivity contribution in [3.63, 3.8) is 0 Å². The minimum atomic E-state index is 0.781. The Kier molecular flexibility index (Phi) is 2.91. The lowest BCUT2D eigenvalue weighted by atomic mass is 10.0. The van der Waals surface area contributed by atoms with Crippen LogP contribution in [0.4, 0.5) is 5.69 Å². The molecule has 2 nitrogen and oxygen atoms in total. The first kappa shape index (κ1) is 10.7. The predicted molar refractivity (Wildman–Crippen MR) is 67.4 cm³/mol. The van der Waals surface area contributed by atoms with Gasteiger partial charge in [-0.3, -0.25) is 4.98 Å². The smallest absolute Gasteiger partial charge is 0.0676 e. The van der Waals surface area contributed by atoms with Crippen molar-refractivity contribution in [2.45, 2.75) is 20.3 Å². The van der Waals surface area contributed by atoms with E-state index in [1.54, 1.807) is 0 Å². The van der Waals surface area contributed by atoms with Gasteiger partial charge in [0.15, 0.2) is 0 Å². The monoisotopic (exact) mass is 212 g/mol. The van der Waals surface area contributed by atoms with E-state index in [1.165, 1.54) is 11.1 Å². The van der Waals surface area contributed by atoms with Gasteiger partial charge in [0.2, 0.25) is 0 Å². The molecule has 0 saturated carbocycles. The van der Waals surface area contributed by atoms with Crippen molar-refractivity contribution in [3.05, 3.63) is 58.9 Å². The van der Waals surface area contributed by atoms with Crippen LogP contribution in [0.15, 0.2) is 36.5 Å². The molecule has 2 N–H and O–H groups in total. The Morgan fingerprint density at radius 2 is 1.94 bits per heavy atom. The van der Waals surface area contributed by atoms with Crippen LogP contribution in [0, 0.1) is 13.8 Å². The van der Waals surface area contributed by atoms with Crippen LogP contribution in [0.25, 0.3) is 0 Å². The summed E-state index contributed by atoms with van der Waals surface area (Å²) in [5.41, 5.74) is 11.4. The fourth-order valence-electron chi connectivity index (χ4n) is 1.76. The molecule has 0 atom stereocenters. The zero-order valence-electron chi connectivity index (χ0n) is 9.70. The van der Waals surface area contributed by atoms with E-state index in [-0.39, 0.29) is 0 Å². The molecule has 1 aromatic heterocycles. The number of nitrogen functional groups attached to an aromatic ring is 1. The lowest BCUT2D eigenvalue weighted by Crippen LogP contribution is -2.00. The fourth-order valence-corrected chi connectivity index (χ4v) is 1.76. The maximum Gasteiger partial charge on any atom is 0.0676 e. The lowest BCUT2D eigenvalue weighted by Gasteiger charge is -2.07. The number of pyridine rings is 1. The number of anilines is 1. The second-order valence-corrected chi connectivity index (χ2v) is 4.15. The second-order valence-electron chi connectivity index (χ2n) is 4.15. The highest BCUT2D eigenvalue weighted by atomic mass is 14.7. The van der Waals surface area contributed by atoms with E-state index in [9.17, 15) is 0 Å². The van der Waals surface area contributed by atoms with Crippen LogP contribution in [-0.2, 0) is 6.42 Å². The zero-order valence-corrected chi connectivity index (χ0v) is 9.70. The van der Waals surface area contributed by atoms with E-state index in [2.05, 4.69) is 24.0 Å². The van der Waals surface area contributed by atoms with Crippen molar-refractivity contribution < 1.29 is 0 Å². The first-order chi connectivity index (χ1) is 7.66. The summed E-state index contributed by atoms with van der Waals surface area (Å²) in [5.74, 6) is 0. The Morgan fingerprint density at radius 1 is 1.19 bits per heavy atom. The van der Waals surface area contributed by atoms with Gasteiger partial charge in [0, 0.05) is 12.6 Å². The number of benzene rings is 1. The van der Waals surface area contributed by atoms with Gasteiger partial charge in [0.1, 0.15) is 0 Å². The molecule has 1 aromatic carbocycles. The minimum absolute atomic E-state index is 0.781. The van der Waals surface area contributed by atoms with Crippen molar-refractivity contribution in [2.24, 2.45) is 0 Å². The molecule has 82 valence electrons. The van der Waals surface area contributed by atoms with Gasteiger partial charge in [0.25, 0.3) is 0 Å². The molecule has 0 radical (unpaired) electrons. The van der Waals surface area contributed by atoms with Gasteiger partial charge in [0.05, 0.1) is 11.4 Å². The molecule has 1 heterocycles. The highest BCUT2D eigenvalue weighted by Gasteiger charge is 2.04. The summed E-state index contributed by atoms with van der Waals surface area (Å²) in [7, 11) is 0. The molecule has 0 amide bonds. The van der Waals surface area contributed by atoms with E-state index >= 15 is 0 Å². The molecule has 0 saturated heterocycles. The van der Waals surface area contributed by atoms with Gasteiger partial charge < -0.3 is 5.73 Å². The number of nitrogens with zero attached hydrogens (tertiary/aromatic N) is 1. The Morgan fingerprint density at radius 3 is 2.62 bits per heavy atom. The van der Waals surface area contributed by atoms with Crippen molar-refractivity contribution in [2.75, 3.05) is 5.73 Å². The van der Waals surface area contributed by atoms with Crippen LogP contribution >= 0.6 is 0 Å². The largest absolute Gasteiger partial charge is 0.397 e. The quantitative estimate of drug-likeness (QED) is 0.831. The highest BCUT2D eigenvalue weighted by molar-refractivity contribution is 5.47. The molecule has 0 unspecified atom stereocenters. The molecule has 2 aromatic rings. The van der Waals surface area contributed by atoms with Crippen molar-refractivity contribution in [1.82, 2.24) is 4.98 Å². The average Bonchev–Trinajstić information content (AvgIpc) is 2.25. The number of aryl methyl sites for hydroxylation is 2.